The highest BCUT2D eigenvalue weighted by Gasteiger charge is 2.55. The van der Waals surface area contributed by atoms with Crippen molar-refractivity contribution in [1.29, 1.82) is 0 Å². The number of H-pyrrole nitrogens is 2. The number of nitrogens with zero attached hydrogens (tertiary/aromatic N) is 4. The Morgan fingerprint density at radius 2 is 1.27 bits per heavy atom. The van der Waals surface area contributed by atoms with E-state index in [0.717, 1.165) is 48.9 Å². The molecule has 1 saturated carbocycles. The summed E-state index contributed by atoms with van der Waals surface area (Å²) in [5, 5.41) is 5.51. The number of amides is 4. The maximum Gasteiger partial charge on any atom is 0.407 e. The van der Waals surface area contributed by atoms with Crippen molar-refractivity contribution in [2.24, 2.45) is 17.3 Å². The number of benzene rings is 3. The molecule has 1 spiro atoms. The summed E-state index contributed by atoms with van der Waals surface area (Å²) in [7, 11) is 1.27. The second-order valence-electron chi connectivity index (χ2n) is 18.7. The summed E-state index contributed by atoms with van der Waals surface area (Å²) in [6.45, 7) is 10.1. The molecular weight excluding hydrogens is 819 g/mol. The molecule has 4 aliphatic rings. The molecule has 334 valence electrons. The zero-order chi connectivity index (χ0) is 45.2. The minimum atomic E-state index is -3.26. The fourth-order valence-electron chi connectivity index (χ4n) is 9.89. The minimum Gasteiger partial charge on any atom is -0.453 e. The monoisotopic (exact) mass is 872 g/mol. The fourth-order valence-corrected chi connectivity index (χ4v) is 9.89. The number of aromatic amines is 2. The maximum absolute atomic E-state index is 16.5. The summed E-state index contributed by atoms with van der Waals surface area (Å²) in [6.07, 6.45) is 7.06. The molecule has 64 heavy (non-hydrogen) atoms. The van der Waals surface area contributed by atoms with E-state index in [9.17, 15) is 19.2 Å². The van der Waals surface area contributed by atoms with Gasteiger partial charge >= 0.3 is 6.09 Å². The van der Waals surface area contributed by atoms with E-state index in [1.54, 1.807) is 35.5 Å². The summed E-state index contributed by atoms with van der Waals surface area (Å²) in [6, 6.07) is 16.0. The van der Waals surface area contributed by atoms with Gasteiger partial charge in [0.1, 0.15) is 23.7 Å². The van der Waals surface area contributed by atoms with Crippen LogP contribution in [0.15, 0.2) is 73.1 Å². The van der Waals surface area contributed by atoms with Crippen LogP contribution in [0.1, 0.15) is 102 Å². The third kappa shape index (κ3) is 7.72. The number of rotatable bonds is 11. The average Bonchev–Trinajstić information content (AvgIpc) is 3.87. The van der Waals surface area contributed by atoms with Gasteiger partial charge in [0.2, 0.25) is 17.7 Å². The van der Waals surface area contributed by atoms with Gasteiger partial charge in [0.05, 0.1) is 43.0 Å². The lowest BCUT2D eigenvalue weighted by atomic mass is 9.97. The van der Waals surface area contributed by atoms with E-state index in [0.29, 0.717) is 52.7 Å². The first-order chi connectivity index (χ1) is 30.6. The van der Waals surface area contributed by atoms with E-state index in [2.05, 4.69) is 25.6 Å². The summed E-state index contributed by atoms with van der Waals surface area (Å²) < 4.78 is 37.8. The molecule has 4 atom stereocenters. The van der Waals surface area contributed by atoms with E-state index in [-0.39, 0.29) is 58.2 Å². The van der Waals surface area contributed by atoms with Crippen molar-refractivity contribution in [2.75, 3.05) is 20.2 Å². The lowest BCUT2D eigenvalue weighted by Gasteiger charge is -2.30. The van der Waals surface area contributed by atoms with Crippen LogP contribution < -0.4 is 10.6 Å². The Morgan fingerprint density at radius 1 is 0.734 bits per heavy atom. The van der Waals surface area contributed by atoms with Crippen molar-refractivity contribution in [3.63, 3.8) is 0 Å². The van der Waals surface area contributed by atoms with Crippen LogP contribution in [0.25, 0.3) is 44.8 Å². The van der Waals surface area contributed by atoms with E-state index in [1.807, 2.05) is 69.0 Å². The summed E-state index contributed by atoms with van der Waals surface area (Å²) in [5.74, 6) is -2.82. The predicted molar refractivity (Wildman–Crippen MR) is 237 cm³/mol. The van der Waals surface area contributed by atoms with Crippen LogP contribution in [0.4, 0.5) is 13.6 Å². The van der Waals surface area contributed by atoms with Crippen LogP contribution >= 0.6 is 0 Å². The van der Waals surface area contributed by atoms with Crippen LogP contribution in [0.2, 0.25) is 0 Å². The second kappa shape index (κ2) is 16.3. The Bertz CT molecular complexity index is 2630. The van der Waals surface area contributed by atoms with Gasteiger partial charge in [-0.15, -0.1) is 0 Å². The zero-order valence-electron chi connectivity index (χ0n) is 36.9. The number of methoxy groups -OCH3 is 1. The number of aromatic nitrogens is 4. The van der Waals surface area contributed by atoms with Crippen LogP contribution in [0.3, 0.4) is 0 Å². The number of ether oxygens (including phenoxy) is 1. The Labute approximate surface area is 370 Å². The van der Waals surface area contributed by atoms with Crippen LogP contribution in [0.5, 0.6) is 0 Å². The number of alkyl carbamates (subject to hydrolysis) is 1. The molecule has 2 aliphatic heterocycles. The number of likely N-dealkylation sites (tertiary alicyclic amines) is 2. The van der Waals surface area contributed by atoms with Gasteiger partial charge in [-0.3, -0.25) is 14.4 Å². The number of carbonyl (C=O) groups is 4. The molecular formula is C49H54F2N8O5. The van der Waals surface area contributed by atoms with Crippen LogP contribution in [0, 0.1) is 17.3 Å². The summed E-state index contributed by atoms with van der Waals surface area (Å²) in [5.41, 5.74) is 5.06. The Kier molecular flexibility index (Phi) is 10.9. The number of hydrogen-bond donors (Lipinski definition) is 4. The molecule has 3 aromatic carbocycles. The van der Waals surface area contributed by atoms with Gasteiger partial charge < -0.3 is 35.1 Å². The number of fused-ring (bicyclic) bond motifs is 3. The molecule has 5 aromatic rings. The molecule has 13 nitrogen and oxygen atoms in total. The highest BCUT2D eigenvalue weighted by molar-refractivity contribution is 5.88. The Balaban J connectivity index is 0.909. The molecule has 15 heteroatoms. The molecule has 0 bridgehead atoms. The first kappa shape index (κ1) is 42.9. The van der Waals surface area contributed by atoms with Crippen molar-refractivity contribution in [3.05, 3.63) is 95.8 Å². The summed E-state index contributed by atoms with van der Waals surface area (Å²) >= 11 is 0. The van der Waals surface area contributed by atoms with Crippen molar-refractivity contribution < 1.29 is 32.7 Å². The molecule has 4 amide bonds. The molecule has 4 heterocycles. The summed E-state index contributed by atoms with van der Waals surface area (Å²) in [4.78, 5) is 71.2. The highest BCUT2D eigenvalue weighted by Crippen LogP contribution is 2.58. The number of hydrogen-bond acceptors (Lipinski definition) is 7. The van der Waals surface area contributed by atoms with E-state index >= 15 is 8.78 Å². The minimum absolute atomic E-state index is 0.0462. The van der Waals surface area contributed by atoms with Crippen molar-refractivity contribution in [3.8, 4) is 44.8 Å². The maximum atomic E-state index is 16.5. The Hall–Kier alpha value is -6.38. The number of nitrogens with one attached hydrogen (secondary N) is 4. The molecule has 9 rings (SSSR count). The topological polar surface area (TPSA) is 165 Å². The Morgan fingerprint density at radius 3 is 1.86 bits per heavy atom. The van der Waals surface area contributed by atoms with Gasteiger partial charge in [0.25, 0.3) is 5.92 Å². The van der Waals surface area contributed by atoms with Crippen molar-refractivity contribution in [2.45, 2.75) is 96.8 Å². The van der Waals surface area contributed by atoms with Gasteiger partial charge in [-0.1, -0.05) is 76.2 Å². The predicted octanol–water partition coefficient (Wildman–Crippen LogP) is 8.51. The molecule has 2 aliphatic carbocycles. The van der Waals surface area contributed by atoms with Gasteiger partial charge in [0, 0.05) is 36.7 Å². The van der Waals surface area contributed by atoms with E-state index in [1.165, 1.54) is 20.1 Å². The smallest absolute Gasteiger partial charge is 0.407 e. The van der Waals surface area contributed by atoms with Gasteiger partial charge in [0.15, 0.2) is 0 Å². The quantitative estimate of drug-likeness (QED) is 0.103. The van der Waals surface area contributed by atoms with E-state index in [4.69, 9.17) is 9.72 Å². The van der Waals surface area contributed by atoms with Crippen molar-refractivity contribution in [1.82, 2.24) is 40.4 Å². The number of halogens is 2. The molecule has 3 fully saturated rings. The highest BCUT2D eigenvalue weighted by atomic mass is 19.3. The van der Waals surface area contributed by atoms with Crippen molar-refractivity contribution >= 4 is 23.8 Å². The lowest BCUT2D eigenvalue weighted by Crippen LogP contribution is -2.51. The van der Waals surface area contributed by atoms with Gasteiger partial charge in [-0.05, 0) is 89.3 Å². The van der Waals surface area contributed by atoms with Crippen LogP contribution in [-0.4, -0.2) is 85.8 Å². The standard InChI is InChI=1S/C49H54F2N8O5/c1-26(2)41(54-28(5)60)46(62)59-25-48(17-18-48)22-40(59)44-53-24-38(56-44)32-14-16-34-33-15-13-31(20-35(33)49(50,51)36(34)21-32)29-9-11-30(12-10-29)37-23-52-43(55-37)39-8-7-19-58(39)45(61)42(27(3)4)57-47(63)64-6/h9-16,20-21,23-24,26-27,39-42H,7-8,17-19,22,25H2,1-6H3,(H,52,55)(H,53,56)(H,54,60)(H,57,63)/t39-,40-,41-,42-/m0/s1. The van der Waals surface area contributed by atoms with E-state index < -0.39 is 24.1 Å². The third-order valence-electron chi connectivity index (χ3n) is 13.6. The van der Waals surface area contributed by atoms with Gasteiger partial charge in [-0.25, -0.2) is 14.8 Å². The largest absolute Gasteiger partial charge is 0.453 e. The SMILES string of the molecule is COC(=O)N[C@H](C(=O)N1CCC[C@H]1c1ncc(-c2ccc(-c3ccc4c(c3)C(F)(F)c3cc(-c5cnc([C@@H]6CC7(CC7)CN6C(=O)[C@@H](NC(C)=O)C(C)C)[nH]5)ccc3-4)cc2)[nH]1)C(C)C. The molecule has 0 radical (unpaired) electrons. The lowest BCUT2D eigenvalue weighted by molar-refractivity contribution is -0.138. The fraction of sp³-hybridized carbons (Fsp3) is 0.429. The molecule has 0 unspecified atom stereocenters. The first-order valence-corrected chi connectivity index (χ1v) is 22.2. The molecule has 2 aromatic heterocycles. The normalized spacial score (nSPS) is 20.0. The van der Waals surface area contributed by atoms with Crippen LogP contribution in [-0.2, 0) is 25.0 Å². The van der Waals surface area contributed by atoms with Gasteiger partial charge in [-0.2, -0.15) is 8.78 Å². The number of alkyl halides is 2. The third-order valence-corrected chi connectivity index (χ3v) is 13.6. The second-order valence-corrected chi connectivity index (χ2v) is 18.7. The number of carbonyl (C=O) groups excluding carboxylic acids is 4. The molecule has 4 N–H and O–H groups in total. The number of imidazole rings is 2. The zero-order valence-corrected chi connectivity index (χ0v) is 36.9. The average molecular weight is 873 g/mol. The molecule has 2 saturated heterocycles. The first-order valence-electron chi connectivity index (χ1n) is 22.2.